The molecule has 3 aromatic carbocycles. The highest BCUT2D eigenvalue weighted by atomic mass is 19.5. The molecule has 0 bridgehead atoms. The van der Waals surface area contributed by atoms with Crippen molar-refractivity contribution < 1.29 is 26.9 Å². The molecule has 0 spiro atoms. The minimum absolute atomic E-state index is 0.418. The van der Waals surface area contributed by atoms with Gasteiger partial charge in [-0.15, -0.1) is 0 Å². The van der Waals surface area contributed by atoms with Crippen molar-refractivity contribution in [2.75, 3.05) is 0 Å². The maximum atomic E-state index is 10.6. The number of nitrogens with zero attached hydrogens (tertiary/aromatic N) is 1. The van der Waals surface area contributed by atoms with Crippen molar-refractivity contribution in [3.8, 4) is 33.6 Å². The molecule has 0 aliphatic heterocycles. The first kappa shape index (κ1) is 25.2. The van der Waals surface area contributed by atoms with Gasteiger partial charge in [0.2, 0.25) is 11.4 Å². The fourth-order valence-electron chi connectivity index (χ4n) is 5.82. The largest absolute Gasteiger partial charge is 0.673 e. The van der Waals surface area contributed by atoms with Crippen LogP contribution in [0.4, 0.5) is 17.3 Å². The van der Waals surface area contributed by atoms with Crippen molar-refractivity contribution >= 4 is 7.25 Å². The van der Waals surface area contributed by atoms with Crippen molar-refractivity contribution in [2.24, 2.45) is 0 Å². The van der Waals surface area contributed by atoms with E-state index in [9.17, 15) is 22.4 Å². The zero-order chi connectivity index (χ0) is 26.2. The van der Waals surface area contributed by atoms with Gasteiger partial charge < -0.3 is 22.4 Å². The van der Waals surface area contributed by atoms with E-state index in [1.165, 1.54) is 55.9 Å². The second-order valence-corrected chi connectivity index (χ2v) is 9.66. The molecule has 37 heavy (non-hydrogen) atoms. The molecule has 4 aromatic rings. The molecule has 6 rings (SSSR count). The molecule has 2 aliphatic rings. The third-order valence-electron chi connectivity index (χ3n) is 7.06. The van der Waals surface area contributed by atoms with Crippen molar-refractivity contribution in [1.29, 1.82) is 0 Å². The fraction of sp³-hybridized carbons (Fsp3) is 0.233. The maximum Gasteiger partial charge on any atom is 0.673 e. The van der Waals surface area contributed by atoms with Crippen LogP contribution in [0.1, 0.15) is 29.2 Å². The first-order valence-corrected chi connectivity index (χ1v) is 12.6. The zero-order valence-corrected chi connectivity index (χ0v) is 20.6. The summed E-state index contributed by atoms with van der Waals surface area (Å²) in [5, 5.41) is 10.6. The van der Waals surface area contributed by atoms with Gasteiger partial charge in [-0.25, -0.2) is 0 Å². The minimum Gasteiger partial charge on any atom is -0.418 e. The summed E-state index contributed by atoms with van der Waals surface area (Å²) in [4.78, 5) is 0. The van der Waals surface area contributed by atoms with Crippen LogP contribution in [0.25, 0.3) is 33.6 Å². The lowest BCUT2D eigenvalue weighted by atomic mass is 9.77. The summed E-state index contributed by atoms with van der Waals surface area (Å²) in [6, 6.07) is 28.6. The van der Waals surface area contributed by atoms with E-state index in [0.29, 0.717) is 6.54 Å². The van der Waals surface area contributed by atoms with Gasteiger partial charge in [0, 0.05) is 27.8 Å². The molecule has 0 radical (unpaired) electrons. The second kappa shape index (κ2) is 10.1. The van der Waals surface area contributed by atoms with Crippen molar-refractivity contribution in [1.82, 2.24) is 0 Å². The SMILES string of the molecule is CC(O)C[n+]1c2c(c(-c3ccccc3)c3c1-c1ccccc1CC3)CCc1ccccc1-2.F[B-](F)(F)F. The van der Waals surface area contributed by atoms with Crippen molar-refractivity contribution in [3.63, 3.8) is 0 Å². The highest BCUT2D eigenvalue weighted by Gasteiger charge is 2.37. The number of benzene rings is 3. The van der Waals surface area contributed by atoms with Gasteiger partial charge in [-0.05, 0) is 61.4 Å². The summed E-state index contributed by atoms with van der Waals surface area (Å²) >= 11 is 0. The Labute approximate surface area is 214 Å². The number of aromatic nitrogens is 1. The van der Waals surface area contributed by atoms with Crippen LogP contribution in [0.5, 0.6) is 0 Å². The lowest BCUT2D eigenvalue weighted by Crippen LogP contribution is -2.46. The highest BCUT2D eigenvalue weighted by molar-refractivity contribution is 6.50. The molecule has 1 atom stereocenters. The quantitative estimate of drug-likeness (QED) is 0.184. The van der Waals surface area contributed by atoms with Gasteiger partial charge in [0.25, 0.3) is 0 Å². The van der Waals surface area contributed by atoms with Gasteiger partial charge in [-0.1, -0.05) is 66.7 Å². The topological polar surface area (TPSA) is 24.1 Å². The predicted molar refractivity (Wildman–Crippen MR) is 140 cm³/mol. The average Bonchev–Trinajstić information content (AvgIpc) is 2.87. The molecule has 1 aromatic heterocycles. The summed E-state index contributed by atoms with van der Waals surface area (Å²) < 4.78 is 41.4. The van der Waals surface area contributed by atoms with Crippen LogP contribution in [0.2, 0.25) is 0 Å². The molecule has 190 valence electrons. The normalized spacial score (nSPS) is 14.3. The van der Waals surface area contributed by atoms with E-state index in [4.69, 9.17) is 0 Å². The third kappa shape index (κ3) is 5.19. The predicted octanol–water partition coefficient (Wildman–Crippen LogP) is 6.85. The first-order chi connectivity index (χ1) is 17.7. The summed E-state index contributed by atoms with van der Waals surface area (Å²) in [5.41, 5.74) is 13.6. The van der Waals surface area contributed by atoms with E-state index in [1.54, 1.807) is 0 Å². The van der Waals surface area contributed by atoms with E-state index in [1.807, 2.05) is 6.92 Å². The van der Waals surface area contributed by atoms with Crippen molar-refractivity contribution in [3.05, 3.63) is 101 Å². The van der Waals surface area contributed by atoms with Crippen LogP contribution in [0.3, 0.4) is 0 Å². The summed E-state index contributed by atoms with van der Waals surface area (Å²) in [5.74, 6) is 0. The van der Waals surface area contributed by atoms with E-state index in [-0.39, 0.29) is 0 Å². The van der Waals surface area contributed by atoms with Gasteiger partial charge in [-0.3, -0.25) is 0 Å². The van der Waals surface area contributed by atoms with Gasteiger partial charge in [-0.2, -0.15) is 4.57 Å². The summed E-state index contributed by atoms with van der Waals surface area (Å²) in [7, 11) is -6.00. The van der Waals surface area contributed by atoms with Gasteiger partial charge in [0.1, 0.15) is 6.10 Å². The number of pyridine rings is 1. The number of halogens is 4. The number of rotatable bonds is 3. The molecule has 1 unspecified atom stereocenters. The van der Waals surface area contributed by atoms with Gasteiger partial charge >= 0.3 is 7.25 Å². The maximum absolute atomic E-state index is 10.6. The molecular formula is C30H28BF4NO. The third-order valence-corrected chi connectivity index (χ3v) is 7.06. The Bertz CT molecular complexity index is 1350. The Hall–Kier alpha value is -3.45. The number of aliphatic hydroxyl groups excluding tert-OH is 1. The van der Waals surface area contributed by atoms with E-state index >= 15 is 0 Å². The summed E-state index contributed by atoms with van der Waals surface area (Å²) in [6.07, 6.45) is 3.77. The van der Waals surface area contributed by atoms with E-state index in [0.717, 1.165) is 25.7 Å². The number of hydrogen-bond acceptors (Lipinski definition) is 1. The molecule has 7 heteroatoms. The summed E-state index contributed by atoms with van der Waals surface area (Å²) in [6.45, 7) is 2.50. The first-order valence-electron chi connectivity index (χ1n) is 12.6. The Morgan fingerprint density at radius 3 is 1.59 bits per heavy atom. The highest BCUT2D eigenvalue weighted by Crippen LogP contribution is 2.44. The van der Waals surface area contributed by atoms with E-state index < -0.39 is 13.4 Å². The molecular weight excluding hydrogens is 477 g/mol. The number of aryl methyl sites for hydroxylation is 2. The molecule has 0 saturated carbocycles. The number of fused-ring (bicyclic) bond motifs is 6. The standard InChI is InChI=1S/C30H28NO.BF4/c1-20(32)19-31-29-24-13-7-5-9-21(24)15-17-26(29)28(23-11-3-2-4-12-23)27-18-16-22-10-6-8-14-25(22)30(27)31;2-1(3,4)5/h2-14,20,32H,15-19H2,1H3;/q+1;-1. The average molecular weight is 505 g/mol. The zero-order valence-electron chi connectivity index (χ0n) is 20.6. The van der Waals surface area contributed by atoms with Crippen LogP contribution < -0.4 is 4.57 Å². The molecule has 2 nitrogen and oxygen atoms in total. The van der Waals surface area contributed by atoms with E-state index in [2.05, 4.69) is 83.4 Å². The molecule has 1 heterocycles. The van der Waals surface area contributed by atoms with Crippen LogP contribution in [0.15, 0.2) is 78.9 Å². The van der Waals surface area contributed by atoms with Crippen LogP contribution in [-0.4, -0.2) is 18.5 Å². The minimum atomic E-state index is -6.00. The Morgan fingerprint density at radius 1 is 0.703 bits per heavy atom. The number of aliphatic hydroxyl groups is 1. The van der Waals surface area contributed by atoms with Gasteiger partial charge in [0.15, 0.2) is 6.54 Å². The lowest BCUT2D eigenvalue weighted by Gasteiger charge is -2.28. The molecule has 1 N–H and O–H groups in total. The number of hydrogen-bond donors (Lipinski definition) is 1. The Morgan fingerprint density at radius 2 is 1.14 bits per heavy atom. The van der Waals surface area contributed by atoms with Crippen LogP contribution in [0, 0.1) is 0 Å². The molecule has 0 amide bonds. The Kier molecular flexibility index (Phi) is 6.91. The lowest BCUT2D eigenvalue weighted by molar-refractivity contribution is -0.682. The monoisotopic (exact) mass is 505 g/mol. The Balaban J connectivity index is 0.000000514. The fourth-order valence-corrected chi connectivity index (χ4v) is 5.82. The van der Waals surface area contributed by atoms with Crippen molar-refractivity contribution in [2.45, 2.75) is 45.3 Å². The van der Waals surface area contributed by atoms with Crippen LogP contribution in [-0.2, 0) is 32.2 Å². The molecule has 2 aliphatic carbocycles. The molecule has 0 saturated heterocycles. The molecule has 0 fully saturated rings. The second-order valence-electron chi connectivity index (χ2n) is 9.66. The van der Waals surface area contributed by atoms with Gasteiger partial charge in [0.05, 0.1) is 0 Å². The smallest absolute Gasteiger partial charge is 0.418 e. The van der Waals surface area contributed by atoms with Crippen LogP contribution >= 0.6 is 0 Å².